The Morgan fingerprint density at radius 2 is 2.12 bits per heavy atom. The van der Waals surface area contributed by atoms with Gasteiger partial charge in [-0.05, 0) is 18.4 Å². The number of nitrogens with zero attached hydrogens (tertiary/aromatic N) is 5. The lowest BCUT2D eigenvalue weighted by molar-refractivity contribution is -0.384. The quantitative estimate of drug-likeness (QED) is 0.363. The Kier molecular flexibility index (Phi) is 6.71. The van der Waals surface area contributed by atoms with Crippen molar-refractivity contribution in [2.45, 2.75) is 31.7 Å². The van der Waals surface area contributed by atoms with Crippen molar-refractivity contribution in [3.63, 3.8) is 0 Å². The van der Waals surface area contributed by atoms with Gasteiger partial charge in [0, 0.05) is 24.5 Å². The first-order valence-corrected chi connectivity index (χ1v) is 10.2. The molecule has 3 rings (SSSR count). The maximum Gasteiger partial charge on any atom is 0.332 e. The maximum absolute atomic E-state index is 12.9. The highest BCUT2D eigenvalue weighted by Crippen LogP contribution is 2.42. The first-order valence-electron chi connectivity index (χ1n) is 10.2. The summed E-state index contributed by atoms with van der Waals surface area (Å²) in [5, 5.41) is 11.8. The molecule has 11 heteroatoms. The third-order valence-electron chi connectivity index (χ3n) is 5.57. The molecule has 2 N–H and O–H groups in total. The van der Waals surface area contributed by atoms with Crippen LogP contribution in [0.2, 0.25) is 0 Å². The zero-order chi connectivity index (χ0) is 24.2. The lowest BCUT2D eigenvalue weighted by Crippen LogP contribution is -2.53. The number of methoxy groups -OCH3 is 1. The van der Waals surface area contributed by atoms with Crippen molar-refractivity contribution in [2.75, 3.05) is 16.9 Å². The molecule has 172 valence electrons. The van der Waals surface area contributed by atoms with Crippen molar-refractivity contribution in [1.29, 1.82) is 0 Å². The second-order valence-electron chi connectivity index (χ2n) is 7.27. The Labute approximate surface area is 190 Å². The maximum atomic E-state index is 12.9. The highest BCUT2D eigenvalue weighted by atomic mass is 16.6. The van der Waals surface area contributed by atoms with E-state index in [1.807, 2.05) is 30.3 Å². The van der Waals surface area contributed by atoms with E-state index in [0.29, 0.717) is 5.70 Å². The molecule has 0 aliphatic carbocycles. The van der Waals surface area contributed by atoms with Crippen LogP contribution in [-0.4, -0.2) is 39.4 Å². The molecule has 2 heterocycles. The van der Waals surface area contributed by atoms with Crippen LogP contribution in [0.3, 0.4) is 0 Å². The van der Waals surface area contributed by atoms with Crippen molar-refractivity contribution in [1.82, 2.24) is 9.97 Å². The zero-order valence-electron chi connectivity index (χ0n) is 18.3. The van der Waals surface area contributed by atoms with Gasteiger partial charge < -0.3 is 10.5 Å². The highest BCUT2D eigenvalue weighted by molar-refractivity contribution is 6.06. The number of amides is 1. The van der Waals surface area contributed by atoms with Crippen LogP contribution in [0.15, 0.2) is 55.5 Å². The van der Waals surface area contributed by atoms with E-state index in [0.717, 1.165) is 16.7 Å². The molecule has 1 aromatic heterocycles. The van der Waals surface area contributed by atoms with E-state index < -0.39 is 28.0 Å². The van der Waals surface area contributed by atoms with Gasteiger partial charge in [-0.1, -0.05) is 43.8 Å². The highest BCUT2D eigenvalue weighted by Gasteiger charge is 2.54. The second-order valence-corrected chi connectivity index (χ2v) is 7.27. The molecule has 1 aliphatic heterocycles. The van der Waals surface area contributed by atoms with Crippen LogP contribution >= 0.6 is 0 Å². The van der Waals surface area contributed by atoms with Gasteiger partial charge in [-0.15, -0.1) is 0 Å². The Morgan fingerprint density at radius 1 is 1.42 bits per heavy atom. The fourth-order valence-electron chi connectivity index (χ4n) is 3.86. The number of esters is 1. The number of nitro groups is 1. The van der Waals surface area contributed by atoms with Gasteiger partial charge in [0.1, 0.15) is 11.7 Å². The molecular formula is C22H24N6O5. The van der Waals surface area contributed by atoms with Crippen LogP contribution in [0.4, 0.5) is 17.5 Å². The van der Waals surface area contributed by atoms with Crippen LogP contribution < -0.4 is 15.5 Å². The van der Waals surface area contributed by atoms with Crippen LogP contribution in [0.25, 0.3) is 5.70 Å². The van der Waals surface area contributed by atoms with E-state index in [9.17, 15) is 19.7 Å². The summed E-state index contributed by atoms with van der Waals surface area (Å²) in [6.07, 6.45) is 4.03. The lowest BCUT2D eigenvalue weighted by Gasteiger charge is -2.34. The Balaban J connectivity index is 2.20. The predicted octanol–water partition coefficient (Wildman–Crippen LogP) is 2.74. The van der Waals surface area contributed by atoms with Gasteiger partial charge in [0.25, 0.3) is 0 Å². The third kappa shape index (κ3) is 4.12. The average molecular weight is 452 g/mol. The number of anilines is 2. The molecule has 0 unspecified atom stereocenters. The van der Waals surface area contributed by atoms with Crippen molar-refractivity contribution >= 4 is 35.0 Å². The molecular weight excluding hydrogens is 428 g/mol. The molecule has 33 heavy (non-hydrogen) atoms. The summed E-state index contributed by atoms with van der Waals surface area (Å²) >= 11 is 0. The van der Waals surface area contributed by atoms with E-state index in [1.54, 1.807) is 6.92 Å². The minimum Gasteiger partial charge on any atom is -0.467 e. The molecule has 1 aliphatic rings. The molecule has 1 saturated heterocycles. The number of nitrogens with two attached hydrogens (primary N) is 1. The summed E-state index contributed by atoms with van der Waals surface area (Å²) in [4.78, 5) is 47.7. The standard InChI is InChI=1S/C22H24N6O5/c1-4-22(20(30)33-3)11-10-18(29)27(22)19-17(28(31)32)14-24-21(25-19)26(13-12-23)15(2)16-8-6-5-7-9-16/h5-9,12-14H,2,4,10-11,23H2,1,3H3/b13-12-/t22-/m0/s1. The number of carbonyl (C=O) groups excluding carboxylic acids is 2. The summed E-state index contributed by atoms with van der Waals surface area (Å²) in [6.45, 7) is 5.76. The van der Waals surface area contributed by atoms with E-state index in [-0.39, 0.29) is 31.0 Å². The van der Waals surface area contributed by atoms with Crippen molar-refractivity contribution in [3.05, 3.63) is 71.2 Å². The SMILES string of the molecule is C=C(c1ccccc1)N(/C=C\N)c1ncc([N+](=O)[O-])c(N2C(=O)CC[C@@]2(CC)C(=O)OC)n1. The summed E-state index contributed by atoms with van der Waals surface area (Å²) in [7, 11) is 1.21. The van der Waals surface area contributed by atoms with E-state index in [4.69, 9.17) is 10.5 Å². The van der Waals surface area contributed by atoms with Gasteiger partial charge >= 0.3 is 11.7 Å². The van der Waals surface area contributed by atoms with E-state index in [2.05, 4.69) is 16.5 Å². The topological polar surface area (TPSA) is 145 Å². The molecule has 1 atom stereocenters. The fraction of sp³-hybridized carbons (Fsp3) is 0.273. The molecule has 1 aromatic carbocycles. The summed E-state index contributed by atoms with van der Waals surface area (Å²) in [5.41, 5.74) is 4.86. The van der Waals surface area contributed by atoms with Crippen LogP contribution in [0, 0.1) is 10.1 Å². The first-order chi connectivity index (χ1) is 15.8. The van der Waals surface area contributed by atoms with Crippen molar-refractivity contribution in [3.8, 4) is 0 Å². The number of ether oxygens (including phenoxy) is 1. The fourth-order valence-corrected chi connectivity index (χ4v) is 3.86. The second kappa shape index (κ2) is 9.47. The first kappa shape index (κ1) is 23.4. The third-order valence-corrected chi connectivity index (χ3v) is 5.57. The smallest absolute Gasteiger partial charge is 0.332 e. The predicted molar refractivity (Wildman–Crippen MR) is 122 cm³/mol. The molecule has 1 amide bonds. The van der Waals surface area contributed by atoms with Gasteiger partial charge in [0.05, 0.1) is 12.0 Å². The Bertz CT molecular complexity index is 1120. The number of benzene rings is 1. The number of carbonyl (C=O) groups is 2. The van der Waals surface area contributed by atoms with Gasteiger partial charge in [0.2, 0.25) is 17.7 Å². The molecule has 0 spiro atoms. The minimum atomic E-state index is -1.41. The largest absolute Gasteiger partial charge is 0.467 e. The van der Waals surface area contributed by atoms with Crippen LogP contribution in [0.1, 0.15) is 31.7 Å². The summed E-state index contributed by atoms with van der Waals surface area (Å²) in [5.74, 6) is -1.45. The van der Waals surface area contributed by atoms with Crippen molar-refractivity contribution < 1.29 is 19.2 Å². The van der Waals surface area contributed by atoms with Gasteiger partial charge in [0.15, 0.2) is 0 Å². The monoisotopic (exact) mass is 452 g/mol. The Morgan fingerprint density at radius 3 is 2.70 bits per heavy atom. The number of hydrogen-bond acceptors (Lipinski definition) is 9. The normalized spacial score (nSPS) is 17.9. The Hall–Kier alpha value is -4.28. The van der Waals surface area contributed by atoms with Gasteiger partial charge in [-0.2, -0.15) is 4.98 Å². The number of hydrogen-bond donors (Lipinski definition) is 1. The van der Waals surface area contributed by atoms with Gasteiger partial charge in [-0.3, -0.25) is 24.7 Å². The van der Waals surface area contributed by atoms with Crippen molar-refractivity contribution in [2.24, 2.45) is 5.73 Å². The van der Waals surface area contributed by atoms with Crippen LogP contribution in [0.5, 0.6) is 0 Å². The summed E-state index contributed by atoms with van der Waals surface area (Å²) < 4.78 is 4.94. The molecule has 1 fully saturated rings. The van der Waals surface area contributed by atoms with E-state index in [1.165, 1.54) is 24.4 Å². The molecule has 0 bridgehead atoms. The van der Waals surface area contributed by atoms with E-state index >= 15 is 0 Å². The average Bonchev–Trinajstić information content (AvgIpc) is 3.18. The summed E-state index contributed by atoms with van der Waals surface area (Å²) in [6, 6.07) is 9.12. The zero-order valence-corrected chi connectivity index (χ0v) is 18.3. The lowest BCUT2D eigenvalue weighted by atomic mass is 9.93. The molecule has 0 saturated carbocycles. The molecule has 2 aromatic rings. The van der Waals surface area contributed by atoms with Gasteiger partial charge in [-0.25, -0.2) is 9.78 Å². The number of aromatic nitrogens is 2. The molecule has 11 nitrogen and oxygen atoms in total. The van der Waals surface area contributed by atoms with Crippen LogP contribution in [-0.2, 0) is 14.3 Å². The minimum absolute atomic E-state index is 0.0132. The molecule has 0 radical (unpaired) electrons. The number of rotatable bonds is 8.